The van der Waals surface area contributed by atoms with Crippen LogP contribution in [0.4, 0.5) is 10.1 Å². The van der Waals surface area contributed by atoms with Gasteiger partial charge in [0.2, 0.25) is 5.82 Å². The molecule has 0 bridgehead atoms. The SMILES string of the molecule is O=[N+]([O-])c1cc2c(c(Br)c1F)COC2O. The lowest BCUT2D eigenvalue weighted by Gasteiger charge is -2.04. The second kappa shape index (κ2) is 3.51. The van der Waals surface area contributed by atoms with Gasteiger partial charge in [0.1, 0.15) is 0 Å². The Bertz CT molecular complexity index is 451. The number of hydrogen-bond acceptors (Lipinski definition) is 4. The number of nitro benzene ring substituents is 1. The standard InChI is InChI=1S/C8H5BrFNO4/c9-6-4-2-15-8(12)3(4)1-5(7(6)10)11(13)14/h1,8,12H,2H2. The van der Waals surface area contributed by atoms with Crippen molar-refractivity contribution in [2.24, 2.45) is 0 Å². The molecule has 0 amide bonds. The first kappa shape index (κ1) is 10.5. The molecule has 2 rings (SSSR count). The van der Waals surface area contributed by atoms with Crippen LogP contribution in [0.25, 0.3) is 0 Å². The van der Waals surface area contributed by atoms with Crippen molar-refractivity contribution in [3.63, 3.8) is 0 Å². The van der Waals surface area contributed by atoms with Gasteiger partial charge in [-0.15, -0.1) is 0 Å². The van der Waals surface area contributed by atoms with Crippen molar-refractivity contribution >= 4 is 21.6 Å². The van der Waals surface area contributed by atoms with Crippen molar-refractivity contribution in [2.45, 2.75) is 12.9 Å². The molecular formula is C8H5BrFNO4. The summed E-state index contributed by atoms with van der Waals surface area (Å²) in [5, 5.41) is 19.8. The molecule has 1 aliphatic heterocycles. The average Bonchev–Trinajstić information content (AvgIpc) is 2.53. The van der Waals surface area contributed by atoms with E-state index in [4.69, 9.17) is 4.74 Å². The first-order valence-electron chi connectivity index (χ1n) is 3.97. The van der Waals surface area contributed by atoms with Crippen LogP contribution in [0.15, 0.2) is 10.5 Å². The molecule has 0 aliphatic carbocycles. The van der Waals surface area contributed by atoms with Gasteiger partial charge in [-0.1, -0.05) is 0 Å². The molecule has 80 valence electrons. The van der Waals surface area contributed by atoms with Crippen molar-refractivity contribution in [2.75, 3.05) is 0 Å². The van der Waals surface area contributed by atoms with Gasteiger partial charge in [-0.05, 0) is 15.9 Å². The maximum atomic E-state index is 13.4. The number of hydrogen-bond donors (Lipinski definition) is 1. The van der Waals surface area contributed by atoms with Gasteiger partial charge in [0.25, 0.3) is 0 Å². The molecule has 15 heavy (non-hydrogen) atoms. The first-order chi connectivity index (χ1) is 7.02. The van der Waals surface area contributed by atoms with Crippen LogP contribution in [-0.4, -0.2) is 10.0 Å². The van der Waals surface area contributed by atoms with Crippen LogP contribution >= 0.6 is 15.9 Å². The van der Waals surface area contributed by atoms with Crippen molar-refractivity contribution in [1.29, 1.82) is 0 Å². The number of nitrogens with zero attached hydrogens (tertiary/aromatic N) is 1. The lowest BCUT2D eigenvalue weighted by atomic mass is 10.1. The summed E-state index contributed by atoms with van der Waals surface area (Å²) in [6.45, 7) is 0.0337. The highest BCUT2D eigenvalue weighted by molar-refractivity contribution is 9.10. The van der Waals surface area contributed by atoms with E-state index in [0.717, 1.165) is 6.07 Å². The molecule has 0 radical (unpaired) electrons. The van der Waals surface area contributed by atoms with Gasteiger partial charge < -0.3 is 9.84 Å². The van der Waals surface area contributed by atoms with Gasteiger partial charge in [-0.25, -0.2) is 0 Å². The van der Waals surface area contributed by atoms with Crippen LogP contribution in [0.5, 0.6) is 0 Å². The molecule has 1 unspecified atom stereocenters. The molecular weight excluding hydrogens is 273 g/mol. The van der Waals surface area contributed by atoms with E-state index in [1.54, 1.807) is 0 Å². The highest BCUT2D eigenvalue weighted by Crippen LogP contribution is 2.39. The number of nitro groups is 1. The van der Waals surface area contributed by atoms with Crippen molar-refractivity contribution in [1.82, 2.24) is 0 Å². The van der Waals surface area contributed by atoms with Crippen molar-refractivity contribution in [3.05, 3.63) is 37.6 Å². The number of aliphatic hydroxyl groups excluding tert-OH is 1. The second-order valence-corrected chi connectivity index (χ2v) is 3.80. The molecule has 0 saturated carbocycles. The summed E-state index contributed by atoms with van der Waals surface area (Å²) < 4.78 is 18.2. The lowest BCUT2D eigenvalue weighted by molar-refractivity contribution is -0.387. The van der Waals surface area contributed by atoms with Gasteiger partial charge in [-0.3, -0.25) is 10.1 Å². The van der Waals surface area contributed by atoms with E-state index < -0.39 is 22.7 Å². The number of rotatable bonds is 1. The molecule has 1 N–H and O–H groups in total. The third-order valence-electron chi connectivity index (χ3n) is 2.17. The summed E-state index contributed by atoms with van der Waals surface area (Å²) >= 11 is 2.91. The minimum Gasteiger partial charge on any atom is -0.364 e. The van der Waals surface area contributed by atoms with E-state index in [-0.39, 0.29) is 16.6 Å². The van der Waals surface area contributed by atoms with Gasteiger partial charge in [-0.2, -0.15) is 4.39 Å². The number of aliphatic hydroxyl groups is 1. The second-order valence-electron chi connectivity index (χ2n) is 3.01. The number of halogens is 2. The number of ether oxygens (including phenoxy) is 1. The summed E-state index contributed by atoms with van der Waals surface area (Å²) in [7, 11) is 0. The van der Waals surface area contributed by atoms with Crippen LogP contribution in [0.1, 0.15) is 17.4 Å². The molecule has 0 spiro atoms. The van der Waals surface area contributed by atoms with E-state index in [1.165, 1.54) is 0 Å². The molecule has 1 aromatic carbocycles. The molecule has 0 fully saturated rings. The fourth-order valence-corrected chi connectivity index (χ4v) is 1.97. The van der Waals surface area contributed by atoms with E-state index in [2.05, 4.69) is 15.9 Å². The maximum Gasteiger partial charge on any atom is 0.306 e. The smallest absolute Gasteiger partial charge is 0.306 e. The van der Waals surface area contributed by atoms with Crippen LogP contribution in [0.3, 0.4) is 0 Å². The Morgan fingerprint density at radius 1 is 1.73 bits per heavy atom. The topological polar surface area (TPSA) is 72.6 Å². The Morgan fingerprint density at radius 3 is 3.00 bits per heavy atom. The summed E-state index contributed by atoms with van der Waals surface area (Å²) in [6.07, 6.45) is -1.23. The number of fused-ring (bicyclic) bond motifs is 1. The van der Waals surface area contributed by atoms with Crippen LogP contribution in [-0.2, 0) is 11.3 Å². The Morgan fingerprint density at radius 2 is 2.40 bits per heavy atom. The van der Waals surface area contributed by atoms with Crippen LogP contribution in [0.2, 0.25) is 0 Å². The Kier molecular flexibility index (Phi) is 2.45. The van der Waals surface area contributed by atoms with Crippen molar-refractivity contribution in [3.8, 4) is 0 Å². The number of benzene rings is 1. The van der Waals surface area contributed by atoms with Gasteiger partial charge >= 0.3 is 5.69 Å². The largest absolute Gasteiger partial charge is 0.364 e. The Hall–Kier alpha value is -1.05. The summed E-state index contributed by atoms with van der Waals surface area (Å²) in [5.41, 5.74) is -0.0363. The minimum atomic E-state index is -1.23. The zero-order valence-corrected chi connectivity index (χ0v) is 8.82. The van der Waals surface area contributed by atoms with Crippen LogP contribution in [0, 0.1) is 15.9 Å². The van der Waals surface area contributed by atoms with Gasteiger partial charge in [0, 0.05) is 17.2 Å². The predicted octanol–water partition coefficient (Wildman–Crippen LogP) is 2.02. The highest BCUT2D eigenvalue weighted by atomic mass is 79.9. The minimum absolute atomic E-state index is 0.0248. The van der Waals surface area contributed by atoms with E-state index >= 15 is 0 Å². The summed E-state index contributed by atoms with van der Waals surface area (Å²) in [4.78, 5) is 9.66. The fourth-order valence-electron chi connectivity index (χ4n) is 1.42. The molecule has 1 atom stereocenters. The molecule has 1 aliphatic rings. The first-order valence-corrected chi connectivity index (χ1v) is 4.76. The third-order valence-corrected chi connectivity index (χ3v) is 3.00. The monoisotopic (exact) mass is 277 g/mol. The normalized spacial score (nSPS) is 19.0. The molecule has 1 heterocycles. The molecule has 0 aromatic heterocycles. The van der Waals surface area contributed by atoms with E-state index in [0.29, 0.717) is 5.56 Å². The predicted molar refractivity (Wildman–Crippen MR) is 50.5 cm³/mol. The molecule has 5 nitrogen and oxygen atoms in total. The molecule has 1 aromatic rings. The van der Waals surface area contributed by atoms with Crippen LogP contribution < -0.4 is 0 Å². The summed E-state index contributed by atoms with van der Waals surface area (Å²) in [5.74, 6) is -0.948. The zero-order chi connectivity index (χ0) is 11.2. The highest BCUT2D eigenvalue weighted by Gasteiger charge is 2.30. The van der Waals surface area contributed by atoms with Gasteiger partial charge in [0.05, 0.1) is 16.0 Å². The quantitative estimate of drug-likeness (QED) is 0.630. The van der Waals surface area contributed by atoms with E-state index in [9.17, 15) is 19.6 Å². The zero-order valence-electron chi connectivity index (χ0n) is 7.24. The molecule has 0 saturated heterocycles. The lowest BCUT2D eigenvalue weighted by Crippen LogP contribution is -1.99. The Balaban J connectivity index is 2.68. The average molecular weight is 278 g/mol. The molecule has 7 heteroatoms. The summed E-state index contributed by atoms with van der Waals surface area (Å²) in [6, 6.07) is 0.993. The third kappa shape index (κ3) is 1.52. The van der Waals surface area contributed by atoms with E-state index in [1.807, 2.05) is 0 Å². The van der Waals surface area contributed by atoms with Crippen molar-refractivity contribution < 1.29 is 19.2 Å². The maximum absolute atomic E-state index is 13.4. The fraction of sp³-hybridized carbons (Fsp3) is 0.250. The van der Waals surface area contributed by atoms with Gasteiger partial charge in [0.15, 0.2) is 6.29 Å². The Labute approximate surface area is 91.7 Å².